The molecule has 0 spiro atoms. The molecule has 1 aromatic heterocycles. The number of hydrogen-bond donors (Lipinski definition) is 2. The van der Waals surface area contributed by atoms with Gasteiger partial charge < -0.3 is 11.1 Å². The fourth-order valence-corrected chi connectivity index (χ4v) is 1.90. The SMILES string of the molecule is CCn1cc(N)c(C(=O)Nc2ccccc2Br)n1. The van der Waals surface area contributed by atoms with Gasteiger partial charge in [0.05, 0.1) is 11.4 Å². The smallest absolute Gasteiger partial charge is 0.278 e. The number of benzene rings is 1. The molecule has 6 heteroatoms. The number of nitrogens with one attached hydrogen (secondary N) is 1. The van der Waals surface area contributed by atoms with Crippen LogP contribution in [-0.2, 0) is 6.54 Å². The van der Waals surface area contributed by atoms with Crippen molar-refractivity contribution < 1.29 is 4.79 Å². The first-order valence-electron chi connectivity index (χ1n) is 5.50. The molecule has 2 aromatic rings. The molecule has 5 nitrogen and oxygen atoms in total. The van der Waals surface area contributed by atoms with Crippen LogP contribution in [0.15, 0.2) is 34.9 Å². The van der Waals surface area contributed by atoms with Gasteiger partial charge in [-0.25, -0.2) is 0 Å². The van der Waals surface area contributed by atoms with Crippen molar-refractivity contribution in [1.29, 1.82) is 0 Å². The van der Waals surface area contributed by atoms with Gasteiger partial charge >= 0.3 is 0 Å². The standard InChI is InChI=1S/C12H13BrN4O/c1-2-17-7-9(14)11(16-17)12(18)15-10-6-4-3-5-8(10)13/h3-7H,2,14H2,1H3,(H,15,18). The average molecular weight is 309 g/mol. The zero-order valence-electron chi connectivity index (χ0n) is 9.85. The second kappa shape index (κ2) is 5.22. The van der Waals surface area contributed by atoms with Gasteiger partial charge in [0.15, 0.2) is 5.69 Å². The Morgan fingerprint density at radius 2 is 2.22 bits per heavy atom. The first-order chi connectivity index (χ1) is 8.61. The molecule has 18 heavy (non-hydrogen) atoms. The van der Waals surface area contributed by atoms with E-state index in [1.165, 1.54) is 0 Å². The molecule has 0 aliphatic carbocycles. The number of aromatic nitrogens is 2. The third kappa shape index (κ3) is 2.53. The average Bonchev–Trinajstić information content (AvgIpc) is 2.73. The largest absolute Gasteiger partial charge is 0.396 e. The van der Waals surface area contributed by atoms with Crippen LogP contribution in [0, 0.1) is 0 Å². The Balaban J connectivity index is 2.22. The van der Waals surface area contributed by atoms with Crippen molar-refractivity contribution in [2.45, 2.75) is 13.5 Å². The minimum atomic E-state index is -0.313. The molecular formula is C12H13BrN4O. The zero-order chi connectivity index (χ0) is 13.1. The van der Waals surface area contributed by atoms with Gasteiger partial charge in [-0.2, -0.15) is 5.10 Å². The van der Waals surface area contributed by atoms with Gasteiger partial charge in [-0.3, -0.25) is 9.48 Å². The molecular weight excluding hydrogens is 296 g/mol. The van der Waals surface area contributed by atoms with Crippen LogP contribution < -0.4 is 11.1 Å². The number of carbonyl (C=O) groups excluding carboxylic acids is 1. The summed E-state index contributed by atoms with van der Waals surface area (Å²) >= 11 is 3.36. The summed E-state index contributed by atoms with van der Waals surface area (Å²) in [5.41, 5.74) is 7.06. The molecule has 94 valence electrons. The van der Waals surface area contributed by atoms with Crippen LogP contribution in [0.5, 0.6) is 0 Å². The summed E-state index contributed by atoms with van der Waals surface area (Å²) < 4.78 is 2.44. The van der Waals surface area contributed by atoms with Crippen molar-refractivity contribution >= 4 is 33.2 Å². The topological polar surface area (TPSA) is 72.9 Å². The highest BCUT2D eigenvalue weighted by Crippen LogP contribution is 2.22. The second-order valence-corrected chi connectivity index (χ2v) is 4.58. The maximum Gasteiger partial charge on any atom is 0.278 e. The third-order valence-electron chi connectivity index (χ3n) is 2.45. The van der Waals surface area contributed by atoms with E-state index in [9.17, 15) is 4.79 Å². The minimum absolute atomic E-state index is 0.243. The summed E-state index contributed by atoms with van der Waals surface area (Å²) in [6.45, 7) is 2.61. The lowest BCUT2D eigenvalue weighted by molar-refractivity contribution is 0.102. The van der Waals surface area contributed by atoms with E-state index >= 15 is 0 Å². The summed E-state index contributed by atoms with van der Waals surface area (Å²) in [4.78, 5) is 12.0. The van der Waals surface area contributed by atoms with Gasteiger partial charge in [-0.1, -0.05) is 12.1 Å². The number of nitrogens with two attached hydrogens (primary N) is 1. The lowest BCUT2D eigenvalue weighted by Gasteiger charge is -2.05. The first-order valence-corrected chi connectivity index (χ1v) is 6.30. The van der Waals surface area contributed by atoms with Gasteiger partial charge in [0.25, 0.3) is 5.91 Å². The van der Waals surface area contributed by atoms with E-state index in [1.807, 2.05) is 25.1 Å². The van der Waals surface area contributed by atoms with E-state index in [1.54, 1.807) is 16.9 Å². The van der Waals surface area contributed by atoms with E-state index in [0.29, 0.717) is 17.9 Å². The lowest BCUT2D eigenvalue weighted by atomic mass is 10.3. The van der Waals surface area contributed by atoms with Crippen LogP contribution in [0.25, 0.3) is 0 Å². The number of amides is 1. The second-order valence-electron chi connectivity index (χ2n) is 3.72. The molecule has 0 fully saturated rings. The van der Waals surface area contributed by atoms with Crippen molar-refractivity contribution in [3.05, 3.63) is 40.6 Å². The number of anilines is 2. The molecule has 0 aliphatic heterocycles. The van der Waals surface area contributed by atoms with Crippen LogP contribution in [0.1, 0.15) is 17.4 Å². The number of aryl methyl sites for hydroxylation is 1. The highest BCUT2D eigenvalue weighted by molar-refractivity contribution is 9.10. The Morgan fingerprint density at radius 3 is 2.83 bits per heavy atom. The molecule has 0 unspecified atom stereocenters. The van der Waals surface area contributed by atoms with Crippen LogP contribution in [0.3, 0.4) is 0 Å². The summed E-state index contributed by atoms with van der Waals surface area (Å²) in [7, 11) is 0. The Bertz CT molecular complexity index is 579. The van der Waals surface area contributed by atoms with E-state index < -0.39 is 0 Å². The minimum Gasteiger partial charge on any atom is -0.396 e. The van der Waals surface area contributed by atoms with Crippen molar-refractivity contribution in [2.75, 3.05) is 11.1 Å². The van der Waals surface area contributed by atoms with Gasteiger partial charge in [-0.15, -0.1) is 0 Å². The molecule has 0 atom stereocenters. The maximum absolute atomic E-state index is 12.0. The number of rotatable bonds is 3. The highest BCUT2D eigenvalue weighted by Gasteiger charge is 2.15. The molecule has 1 aromatic carbocycles. The van der Waals surface area contributed by atoms with Crippen LogP contribution in [0.2, 0.25) is 0 Å². The summed E-state index contributed by atoms with van der Waals surface area (Å²) in [6.07, 6.45) is 1.65. The normalized spacial score (nSPS) is 10.3. The molecule has 3 N–H and O–H groups in total. The van der Waals surface area contributed by atoms with Gasteiger partial charge in [-0.05, 0) is 35.0 Å². The first kappa shape index (κ1) is 12.6. The Hall–Kier alpha value is -1.82. The molecule has 0 saturated heterocycles. The number of nitrogens with zero attached hydrogens (tertiary/aromatic N) is 2. The molecule has 1 heterocycles. The molecule has 2 rings (SSSR count). The number of hydrogen-bond acceptors (Lipinski definition) is 3. The van der Waals surface area contributed by atoms with Crippen LogP contribution in [-0.4, -0.2) is 15.7 Å². The lowest BCUT2D eigenvalue weighted by Crippen LogP contribution is -2.15. The van der Waals surface area contributed by atoms with Crippen LogP contribution in [0.4, 0.5) is 11.4 Å². The predicted molar refractivity (Wildman–Crippen MR) is 74.4 cm³/mol. The molecule has 1 amide bonds. The Kier molecular flexibility index (Phi) is 3.66. The van der Waals surface area contributed by atoms with Crippen molar-refractivity contribution in [2.24, 2.45) is 0 Å². The Morgan fingerprint density at radius 1 is 1.50 bits per heavy atom. The van der Waals surface area contributed by atoms with E-state index in [0.717, 1.165) is 4.47 Å². The molecule has 0 bridgehead atoms. The Labute approximate surface area is 113 Å². The summed E-state index contributed by atoms with van der Waals surface area (Å²) in [5, 5.41) is 6.88. The zero-order valence-corrected chi connectivity index (χ0v) is 11.4. The fraction of sp³-hybridized carbons (Fsp3) is 0.167. The quantitative estimate of drug-likeness (QED) is 0.915. The van der Waals surface area contributed by atoms with Crippen LogP contribution >= 0.6 is 15.9 Å². The molecule has 0 aliphatic rings. The van der Waals surface area contributed by atoms with Gasteiger partial charge in [0, 0.05) is 17.2 Å². The fourth-order valence-electron chi connectivity index (χ4n) is 1.52. The number of para-hydroxylation sites is 1. The number of halogens is 1. The van der Waals surface area contributed by atoms with Crippen molar-refractivity contribution in [3.8, 4) is 0 Å². The third-order valence-corrected chi connectivity index (χ3v) is 3.14. The predicted octanol–water partition coefficient (Wildman–Crippen LogP) is 2.50. The molecule has 0 saturated carbocycles. The maximum atomic E-state index is 12.0. The van der Waals surface area contributed by atoms with Gasteiger partial charge in [0.2, 0.25) is 0 Å². The molecule has 0 radical (unpaired) electrons. The van der Waals surface area contributed by atoms with E-state index in [4.69, 9.17) is 5.73 Å². The summed E-state index contributed by atoms with van der Waals surface area (Å²) in [6, 6.07) is 7.37. The highest BCUT2D eigenvalue weighted by atomic mass is 79.9. The number of nitrogen functional groups attached to an aromatic ring is 1. The van der Waals surface area contributed by atoms with E-state index in [2.05, 4.69) is 26.3 Å². The van der Waals surface area contributed by atoms with Gasteiger partial charge in [0.1, 0.15) is 0 Å². The van der Waals surface area contributed by atoms with Crippen molar-refractivity contribution in [1.82, 2.24) is 9.78 Å². The summed E-state index contributed by atoms with van der Waals surface area (Å²) in [5.74, 6) is -0.313. The number of carbonyl (C=O) groups is 1. The van der Waals surface area contributed by atoms with E-state index in [-0.39, 0.29) is 11.6 Å². The van der Waals surface area contributed by atoms with Crippen molar-refractivity contribution in [3.63, 3.8) is 0 Å². The monoisotopic (exact) mass is 308 g/mol.